The summed E-state index contributed by atoms with van der Waals surface area (Å²) in [5.41, 5.74) is 8.44. The Bertz CT molecular complexity index is 1320. The van der Waals surface area contributed by atoms with Crippen LogP contribution in [0.25, 0.3) is 33.5 Å². The van der Waals surface area contributed by atoms with Gasteiger partial charge in [0.05, 0.1) is 22.0 Å². The fourth-order valence-electron chi connectivity index (χ4n) is 3.94. The van der Waals surface area contributed by atoms with E-state index < -0.39 is 5.82 Å². The van der Waals surface area contributed by atoms with Gasteiger partial charge in [-0.2, -0.15) is 0 Å². The molecule has 1 aliphatic rings. The van der Waals surface area contributed by atoms with Gasteiger partial charge in [-0.15, -0.1) is 0 Å². The first kappa shape index (κ1) is 18.6. The molecule has 0 atom stereocenters. The molecule has 1 aliphatic heterocycles. The lowest BCUT2D eigenvalue weighted by Crippen LogP contribution is -2.44. The van der Waals surface area contributed by atoms with E-state index in [0.717, 1.165) is 18.6 Å². The van der Waals surface area contributed by atoms with Gasteiger partial charge in [0.2, 0.25) is 5.43 Å². The summed E-state index contributed by atoms with van der Waals surface area (Å²) < 4.78 is 16.8. The molecule has 4 aromatic rings. The smallest absolute Gasteiger partial charge is 0.202 e. The molecule has 1 saturated heterocycles. The van der Waals surface area contributed by atoms with Crippen molar-refractivity contribution < 1.29 is 4.39 Å². The highest BCUT2D eigenvalue weighted by Crippen LogP contribution is 2.25. The van der Waals surface area contributed by atoms with E-state index in [1.165, 1.54) is 6.07 Å². The van der Waals surface area contributed by atoms with E-state index in [0.29, 0.717) is 47.9 Å². The van der Waals surface area contributed by atoms with Gasteiger partial charge in [-0.05, 0) is 31.2 Å². The third kappa shape index (κ3) is 2.98. The van der Waals surface area contributed by atoms with Gasteiger partial charge in [0.25, 0.3) is 0 Å². The summed E-state index contributed by atoms with van der Waals surface area (Å²) in [5.74, 6) is 0.229. The second-order valence-electron chi connectivity index (χ2n) is 7.42. The van der Waals surface area contributed by atoms with Crippen LogP contribution in [0.15, 0.2) is 35.3 Å². The van der Waals surface area contributed by atoms with Crippen LogP contribution in [0, 0.1) is 5.82 Å². The molecule has 1 aromatic carbocycles. The van der Waals surface area contributed by atoms with E-state index in [9.17, 15) is 9.18 Å². The average molecular weight is 407 g/mol. The number of nitrogen functional groups attached to an aromatic ring is 1. The van der Waals surface area contributed by atoms with E-state index in [2.05, 4.69) is 20.3 Å². The Labute approximate surface area is 171 Å². The number of nitrogens with one attached hydrogen (secondary N) is 2. The number of imidazole rings is 1. The van der Waals surface area contributed by atoms with Gasteiger partial charge >= 0.3 is 0 Å². The summed E-state index contributed by atoms with van der Waals surface area (Å²) in [5, 5.41) is 3.49. The van der Waals surface area contributed by atoms with Gasteiger partial charge in [0.1, 0.15) is 11.5 Å². The van der Waals surface area contributed by atoms with Crippen molar-refractivity contribution in [3.8, 4) is 11.4 Å². The molecule has 4 N–H and O–H groups in total. The van der Waals surface area contributed by atoms with Crippen LogP contribution in [0.1, 0.15) is 6.92 Å². The van der Waals surface area contributed by atoms with Gasteiger partial charge in [-0.1, -0.05) is 0 Å². The zero-order valence-electron chi connectivity index (χ0n) is 16.6. The molecular formula is C21H22FN7O. The number of hydrogen-bond acceptors (Lipinski definition) is 6. The molecule has 0 radical (unpaired) electrons. The van der Waals surface area contributed by atoms with Crippen molar-refractivity contribution >= 4 is 33.6 Å². The molecule has 8 nitrogen and oxygen atoms in total. The van der Waals surface area contributed by atoms with Crippen LogP contribution in [0.5, 0.6) is 0 Å². The highest BCUT2D eigenvalue weighted by molar-refractivity contribution is 5.85. The lowest BCUT2D eigenvalue weighted by atomic mass is 10.1. The molecule has 1 fully saturated rings. The number of halogens is 1. The number of nitrogens with zero attached hydrogens (tertiary/aromatic N) is 4. The SMILES string of the molecule is CCn1cc(-c2nc3ccc(N)cc3[nH]2)c(=O)c2cc(F)c(N3CCNCC3)nc21. The van der Waals surface area contributed by atoms with Crippen LogP contribution in [0.4, 0.5) is 15.9 Å². The van der Waals surface area contributed by atoms with E-state index in [1.54, 1.807) is 24.4 Å². The summed E-state index contributed by atoms with van der Waals surface area (Å²) in [6.07, 6.45) is 1.73. The fourth-order valence-corrected chi connectivity index (χ4v) is 3.94. The number of hydrogen-bond donors (Lipinski definition) is 3. The van der Waals surface area contributed by atoms with Crippen molar-refractivity contribution in [2.75, 3.05) is 36.8 Å². The average Bonchev–Trinajstić information content (AvgIpc) is 3.17. The summed E-state index contributed by atoms with van der Waals surface area (Å²) >= 11 is 0. The highest BCUT2D eigenvalue weighted by Gasteiger charge is 2.21. The van der Waals surface area contributed by atoms with Crippen molar-refractivity contribution in [3.63, 3.8) is 0 Å². The quantitative estimate of drug-likeness (QED) is 0.449. The second kappa shape index (κ2) is 7.10. The Hall–Kier alpha value is -3.46. The Morgan fingerprint density at radius 3 is 2.77 bits per heavy atom. The minimum absolute atomic E-state index is 0.241. The number of rotatable bonds is 3. The van der Waals surface area contributed by atoms with Gasteiger partial charge in [0, 0.05) is 44.6 Å². The summed E-state index contributed by atoms with van der Waals surface area (Å²) in [7, 11) is 0. The number of H-pyrrole nitrogens is 1. The number of nitrogens with two attached hydrogens (primary N) is 1. The zero-order valence-corrected chi connectivity index (χ0v) is 16.6. The first-order valence-corrected chi connectivity index (χ1v) is 10.00. The molecule has 0 aliphatic carbocycles. The fraction of sp³-hybridized carbons (Fsp3) is 0.286. The predicted octanol–water partition coefficient (Wildman–Crippen LogP) is 2.09. The normalized spacial score (nSPS) is 14.7. The first-order valence-electron chi connectivity index (χ1n) is 10.00. The molecule has 0 unspecified atom stereocenters. The van der Waals surface area contributed by atoms with E-state index in [-0.39, 0.29) is 16.6 Å². The minimum atomic E-state index is -0.487. The summed E-state index contributed by atoms with van der Waals surface area (Å²) in [6.45, 7) is 5.43. The van der Waals surface area contributed by atoms with Crippen molar-refractivity contribution in [3.05, 3.63) is 46.5 Å². The van der Waals surface area contributed by atoms with E-state index in [4.69, 9.17) is 5.73 Å². The van der Waals surface area contributed by atoms with Gasteiger partial charge in [0.15, 0.2) is 11.6 Å². The van der Waals surface area contributed by atoms with Crippen molar-refractivity contribution in [1.82, 2.24) is 24.8 Å². The Balaban J connectivity index is 1.70. The van der Waals surface area contributed by atoms with Crippen LogP contribution in [-0.4, -0.2) is 45.7 Å². The number of pyridine rings is 2. The molecule has 0 bridgehead atoms. The molecule has 154 valence electrons. The summed E-state index contributed by atoms with van der Waals surface area (Å²) in [6, 6.07) is 6.63. The zero-order chi connectivity index (χ0) is 20.8. The Kier molecular flexibility index (Phi) is 4.39. The summed E-state index contributed by atoms with van der Waals surface area (Å²) in [4.78, 5) is 27.4. The number of fused-ring (bicyclic) bond motifs is 2. The topological polar surface area (TPSA) is 105 Å². The maximum atomic E-state index is 15.0. The van der Waals surface area contributed by atoms with Crippen LogP contribution in [-0.2, 0) is 6.54 Å². The van der Waals surface area contributed by atoms with Crippen molar-refractivity contribution in [2.45, 2.75) is 13.5 Å². The monoisotopic (exact) mass is 407 g/mol. The number of aromatic nitrogens is 4. The second-order valence-corrected chi connectivity index (χ2v) is 7.42. The minimum Gasteiger partial charge on any atom is -0.399 e. The molecule has 0 spiro atoms. The third-order valence-electron chi connectivity index (χ3n) is 5.50. The van der Waals surface area contributed by atoms with Gasteiger partial charge in [-0.3, -0.25) is 4.79 Å². The standard InChI is InChI=1S/C21H22FN7O/c1-2-28-11-14(19-25-16-4-3-12(23)9-17(16)26-19)18(30)13-10-15(22)21(27-20(13)28)29-7-5-24-6-8-29/h3-4,9-11,24H,2,5-8,23H2,1H3,(H,25,26). The number of aromatic amines is 1. The molecule has 30 heavy (non-hydrogen) atoms. The first-order chi connectivity index (χ1) is 14.5. The molecule has 5 rings (SSSR count). The largest absolute Gasteiger partial charge is 0.399 e. The Morgan fingerprint density at radius 1 is 1.20 bits per heavy atom. The van der Waals surface area contributed by atoms with E-state index >= 15 is 0 Å². The number of benzene rings is 1. The van der Waals surface area contributed by atoms with Crippen LogP contribution in [0.2, 0.25) is 0 Å². The lowest BCUT2D eigenvalue weighted by Gasteiger charge is -2.29. The van der Waals surface area contributed by atoms with Gasteiger partial charge < -0.3 is 25.5 Å². The van der Waals surface area contributed by atoms with Gasteiger partial charge in [-0.25, -0.2) is 14.4 Å². The predicted molar refractivity (Wildman–Crippen MR) is 116 cm³/mol. The molecule has 0 amide bonds. The lowest BCUT2D eigenvalue weighted by molar-refractivity contribution is 0.559. The molecule has 3 aromatic heterocycles. The van der Waals surface area contributed by atoms with Crippen molar-refractivity contribution in [2.24, 2.45) is 0 Å². The molecular weight excluding hydrogens is 385 g/mol. The van der Waals surface area contributed by atoms with Crippen LogP contribution < -0.4 is 21.4 Å². The highest BCUT2D eigenvalue weighted by atomic mass is 19.1. The van der Waals surface area contributed by atoms with Crippen molar-refractivity contribution in [1.29, 1.82) is 0 Å². The van der Waals surface area contributed by atoms with Crippen LogP contribution >= 0.6 is 0 Å². The third-order valence-corrected chi connectivity index (χ3v) is 5.50. The van der Waals surface area contributed by atoms with E-state index in [1.807, 2.05) is 16.4 Å². The molecule has 4 heterocycles. The Morgan fingerprint density at radius 2 is 2.00 bits per heavy atom. The molecule has 9 heteroatoms. The maximum Gasteiger partial charge on any atom is 0.202 e. The molecule has 0 saturated carbocycles. The number of aryl methyl sites for hydroxylation is 1. The van der Waals surface area contributed by atoms with Crippen LogP contribution in [0.3, 0.4) is 0 Å². The number of piperazine rings is 1. The maximum absolute atomic E-state index is 15.0. The number of anilines is 2.